The number of hydrogen-bond acceptors (Lipinski definition) is 5. The van der Waals surface area contributed by atoms with E-state index in [9.17, 15) is 14.0 Å². The third kappa shape index (κ3) is 4.52. The Bertz CT molecular complexity index is 1640. The number of fused-ring (bicyclic) bond motifs is 1. The normalized spacial score (nSPS) is 11.2. The molecule has 0 atom stereocenters. The maximum Gasteiger partial charge on any atom is 0.261 e. The van der Waals surface area contributed by atoms with Crippen LogP contribution < -0.4 is 11.3 Å². The quantitative estimate of drug-likeness (QED) is 0.333. The van der Waals surface area contributed by atoms with Gasteiger partial charge in [0, 0.05) is 5.56 Å². The van der Waals surface area contributed by atoms with Crippen LogP contribution in [0, 0.1) is 12.7 Å². The van der Waals surface area contributed by atoms with Crippen molar-refractivity contribution in [1.82, 2.24) is 19.1 Å². The van der Waals surface area contributed by atoms with Gasteiger partial charge in [0.25, 0.3) is 5.56 Å². The van der Waals surface area contributed by atoms with E-state index in [1.165, 1.54) is 22.4 Å². The van der Waals surface area contributed by atoms with Gasteiger partial charge >= 0.3 is 0 Å². The van der Waals surface area contributed by atoms with Crippen molar-refractivity contribution in [2.24, 2.45) is 5.73 Å². The van der Waals surface area contributed by atoms with Gasteiger partial charge in [-0.15, -0.1) is 0 Å². The number of rotatable bonds is 7. The summed E-state index contributed by atoms with van der Waals surface area (Å²) < 4.78 is 18.0. The fourth-order valence-corrected chi connectivity index (χ4v) is 4.93. The molecule has 5 aromatic rings. The van der Waals surface area contributed by atoms with Crippen LogP contribution in [-0.2, 0) is 17.1 Å². The van der Waals surface area contributed by atoms with E-state index in [1.54, 1.807) is 53.2 Å². The van der Waals surface area contributed by atoms with Crippen molar-refractivity contribution >= 4 is 28.6 Å². The largest absolute Gasteiger partial charge is 0.368 e. The molecule has 2 aromatic heterocycles. The number of imidazole rings is 1. The molecule has 3 aromatic carbocycles. The van der Waals surface area contributed by atoms with E-state index in [0.29, 0.717) is 27.6 Å². The second kappa shape index (κ2) is 9.79. The van der Waals surface area contributed by atoms with Gasteiger partial charge in [0.1, 0.15) is 18.2 Å². The Morgan fingerprint density at radius 1 is 1.03 bits per heavy atom. The highest BCUT2D eigenvalue weighted by Crippen LogP contribution is 2.32. The summed E-state index contributed by atoms with van der Waals surface area (Å²) in [5.74, 6) is -0.441. The van der Waals surface area contributed by atoms with Gasteiger partial charge in [-0.05, 0) is 31.2 Å². The highest BCUT2D eigenvalue weighted by atomic mass is 32.2. The molecule has 9 heteroatoms. The minimum atomic E-state index is -0.644. The Kier molecular flexibility index (Phi) is 6.39. The van der Waals surface area contributed by atoms with Gasteiger partial charge in [0.15, 0.2) is 5.16 Å². The van der Waals surface area contributed by atoms with Crippen LogP contribution >= 0.6 is 11.8 Å². The first-order valence-corrected chi connectivity index (χ1v) is 12.2. The average molecular weight is 500 g/mol. The number of aryl methyl sites for hydroxylation is 1. The topological polar surface area (TPSA) is 95.8 Å². The van der Waals surface area contributed by atoms with Crippen LogP contribution in [0.4, 0.5) is 4.39 Å². The highest BCUT2D eigenvalue weighted by Gasteiger charge is 2.19. The number of amides is 1. The molecule has 0 aliphatic heterocycles. The lowest BCUT2D eigenvalue weighted by Crippen LogP contribution is -2.31. The molecule has 1 amide bonds. The molecule has 0 saturated heterocycles. The van der Waals surface area contributed by atoms with Crippen molar-refractivity contribution in [2.75, 3.05) is 0 Å². The number of hydrogen-bond donors (Lipinski definition) is 1. The molecular formula is C27H22FN5O2S. The van der Waals surface area contributed by atoms with Crippen molar-refractivity contribution in [1.29, 1.82) is 0 Å². The number of carbonyl (C=O) groups is 1. The third-order valence-corrected chi connectivity index (χ3v) is 6.70. The standard InChI is InChI=1S/C27H22FN5O2S/c1-17-10-12-18(13-11-17)23-14-30-27(33(23)22-9-5-3-7-20(22)28)36-16-25-31-21-8-4-2-6-19(21)26(35)32(25)15-24(29)34/h2-14H,15-16H2,1H3,(H2,29,34). The molecule has 0 aliphatic carbocycles. The lowest BCUT2D eigenvalue weighted by molar-refractivity contribution is -0.118. The number of benzene rings is 3. The summed E-state index contributed by atoms with van der Waals surface area (Å²) in [4.78, 5) is 34.0. The molecule has 180 valence electrons. The van der Waals surface area contributed by atoms with E-state index < -0.39 is 5.91 Å². The van der Waals surface area contributed by atoms with Gasteiger partial charge in [0.05, 0.1) is 34.2 Å². The average Bonchev–Trinajstić information content (AvgIpc) is 3.29. The van der Waals surface area contributed by atoms with Crippen molar-refractivity contribution in [3.05, 3.63) is 107 Å². The molecule has 2 heterocycles. The Morgan fingerprint density at radius 2 is 1.75 bits per heavy atom. The monoisotopic (exact) mass is 499 g/mol. The van der Waals surface area contributed by atoms with E-state index in [4.69, 9.17) is 5.73 Å². The molecular weight excluding hydrogens is 477 g/mol. The van der Waals surface area contributed by atoms with E-state index in [1.807, 2.05) is 31.2 Å². The van der Waals surface area contributed by atoms with Gasteiger partial charge in [-0.3, -0.25) is 18.7 Å². The van der Waals surface area contributed by atoms with Crippen molar-refractivity contribution in [2.45, 2.75) is 24.4 Å². The minimum absolute atomic E-state index is 0.214. The maximum atomic E-state index is 14.9. The predicted octanol–water partition coefficient (Wildman–Crippen LogP) is 4.47. The number of halogens is 1. The fraction of sp³-hybridized carbons (Fsp3) is 0.111. The van der Waals surface area contributed by atoms with E-state index in [2.05, 4.69) is 9.97 Å². The number of para-hydroxylation sites is 2. The SMILES string of the molecule is Cc1ccc(-c2cnc(SCc3nc4ccccc4c(=O)n3CC(N)=O)n2-c2ccccc2F)cc1. The molecule has 0 bridgehead atoms. The van der Waals surface area contributed by atoms with Gasteiger partial charge in [-0.25, -0.2) is 14.4 Å². The zero-order valence-corrected chi connectivity index (χ0v) is 20.2. The van der Waals surface area contributed by atoms with Crippen LogP contribution in [-0.4, -0.2) is 25.0 Å². The Balaban J connectivity index is 1.59. The van der Waals surface area contributed by atoms with Crippen LogP contribution in [0.25, 0.3) is 27.8 Å². The number of nitrogens with zero attached hydrogens (tertiary/aromatic N) is 4. The molecule has 0 fully saturated rings. The smallest absolute Gasteiger partial charge is 0.261 e. The van der Waals surface area contributed by atoms with Gasteiger partial charge in [-0.1, -0.05) is 65.9 Å². The minimum Gasteiger partial charge on any atom is -0.368 e. The predicted molar refractivity (Wildman–Crippen MR) is 138 cm³/mol. The summed E-state index contributed by atoms with van der Waals surface area (Å²) in [7, 11) is 0. The van der Waals surface area contributed by atoms with E-state index in [0.717, 1.165) is 16.8 Å². The summed E-state index contributed by atoms with van der Waals surface area (Å²) in [6.07, 6.45) is 1.70. The van der Waals surface area contributed by atoms with Gasteiger partial charge < -0.3 is 5.73 Å². The number of primary amides is 1. The number of nitrogens with two attached hydrogens (primary N) is 1. The lowest BCUT2D eigenvalue weighted by Gasteiger charge is -2.14. The summed E-state index contributed by atoms with van der Waals surface area (Å²) in [5, 5.41) is 0.922. The Morgan fingerprint density at radius 3 is 2.50 bits per heavy atom. The zero-order chi connectivity index (χ0) is 25.2. The maximum absolute atomic E-state index is 14.9. The first kappa shape index (κ1) is 23.5. The Labute approximate surface area is 210 Å². The van der Waals surface area contributed by atoms with Crippen LogP contribution in [0.15, 0.2) is 88.9 Å². The number of carbonyl (C=O) groups excluding carboxylic acids is 1. The molecule has 5 rings (SSSR count). The second-order valence-electron chi connectivity index (χ2n) is 8.27. The summed E-state index contributed by atoms with van der Waals surface area (Å²) in [6, 6.07) is 21.3. The zero-order valence-electron chi connectivity index (χ0n) is 19.4. The number of thioether (sulfide) groups is 1. The first-order valence-electron chi connectivity index (χ1n) is 11.2. The molecule has 2 N–H and O–H groups in total. The fourth-order valence-electron chi connectivity index (χ4n) is 4.00. The Hall–Kier alpha value is -4.24. The van der Waals surface area contributed by atoms with Crippen LogP contribution in [0.1, 0.15) is 11.4 Å². The third-order valence-electron chi connectivity index (χ3n) is 5.76. The molecule has 36 heavy (non-hydrogen) atoms. The second-order valence-corrected chi connectivity index (χ2v) is 9.21. The van der Waals surface area contributed by atoms with Crippen LogP contribution in [0.5, 0.6) is 0 Å². The van der Waals surface area contributed by atoms with Gasteiger partial charge in [-0.2, -0.15) is 0 Å². The molecule has 7 nitrogen and oxygen atoms in total. The number of aromatic nitrogens is 4. The summed E-state index contributed by atoms with van der Waals surface area (Å²) in [6.45, 7) is 1.71. The van der Waals surface area contributed by atoms with E-state index in [-0.39, 0.29) is 23.7 Å². The van der Waals surface area contributed by atoms with Gasteiger partial charge in [0.2, 0.25) is 5.91 Å². The van der Waals surface area contributed by atoms with Crippen molar-refractivity contribution < 1.29 is 9.18 Å². The summed E-state index contributed by atoms with van der Waals surface area (Å²) in [5.41, 5.74) is 8.68. The molecule has 0 spiro atoms. The van der Waals surface area contributed by atoms with Crippen LogP contribution in [0.3, 0.4) is 0 Å². The molecule has 0 unspecified atom stereocenters. The highest BCUT2D eigenvalue weighted by molar-refractivity contribution is 7.98. The van der Waals surface area contributed by atoms with Crippen molar-refractivity contribution in [3.8, 4) is 16.9 Å². The first-order chi connectivity index (χ1) is 17.4. The molecule has 0 saturated carbocycles. The molecule has 0 aliphatic rings. The van der Waals surface area contributed by atoms with E-state index >= 15 is 0 Å². The summed E-state index contributed by atoms with van der Waals surface area (Å²) >= 11 is 1.29. The lowest BCUT2D eigenvalue weighted by atomic mass is 10.1. The van der Waals surface area contributed by atoms with Crippen molar-refractivity contribution in [3.63, 3.8) is 0 Å². The van der Waals surface area contributed by atoms with Crippen LogP contribution in [0.2, 0.25) is 0 Å². The molecule has 0 radical (unpaired) electrons.